The fourth-order valence-corrected chi connectivity index (χ4v) is 3.10. The third kappa shape index (κ3) is 3.61. The molecular formula is C19H17F2N7O2. The highest BCUT2D eigenvalue weighted by molar-refractivity contribution is 5.91. The number of fused-ring (bicyclic) bond motifs is 2. The molecule has 3 heterocycles. The summed E-state index contributed by atoms with van der Waals surface area (Å²) in [5.41, 5.74) is 0.151. The predicted molar refractivity (Wildman–Crippen MR) is 104 cm³/mol. The molecule has 154 valence electrons. The zero-order chi connectivity index (χ0) is 21.5. The Labute approximate surface area is 168 Å². The molecule has 9 nitrogen and oxygen atoms in total. The number of amides is 1. The maximum atomic E-state index is 13.7. The fourth-order valence-electron chi connectivity index (χ4n) is 3.10. The minimum atomic E-state index is -3.04. The number of hydrogen-bond acceptors (Lipinski definition) is 6. The van der Waals surface area contributed by atoms with Crippen LogP contribution in [0.4, 0.5) is 14.6 Å². The summed E-state index contributed by atoms with van der Waals surface area (Å²) in [7, 11) is 0. The second kappa shape index (κ2) is 7.25. The molecule has 0 fully saturated rings. The van der Waals surface area contributed by atoms with Crippen molar-refractivity contribution in [3.05, 3.63) is 58.1 Å². The van der Waals surface area contributed by atoms with Gasteiger partial charge in [0.05, 0.1) is 11.9 Å². The van der Waals surface area contributed by atoms with E-state index in [-0.39, 0.29) is 28.9 Å². The Hall–Kier alpha value is -3.76. The highest BCUT2D eigenvalue weighted by Crippen LogP contribution is 2.28. The standard InChI is InChI=1S/C19H17F2N7O2/c1-3-27-14-8-11(19(2,20)21)4-5-12(14)18(30)13(25-27)9-17(29)23-15-6-7-16-24-22-10-28(16)26-15/h4-8,10H,3,9H2,1-2H3,(H,23,26,29). The molecule has 4 aromatic rings. The lowest BCUT2D eigenvalue weighted by molar-refractivity contribution is -0.115. The average Bonchev–Trinajstić information content (AvgIpc) is 3.17. The molecule has 0 aliphatic rings. The molecule has 0 aliphatic heterocycles. The lowest BCUT2D eigenvalue weighted by Gasteiger charge is -2.14. The third-order valence-electron chi connectivity index (χ3n) is 4.59. The van der Waals surface area contributed by atoms with E-state index in [2.05, 4.69) is 25.7 Å². The van der Waals surface area contributed by atoms with Crippen molar-refractivity contribution in [2.75, 3.05) is 5.32 Å². The Morgan fingerprint density at radius 1 is 1.20 bits per heavy atom. The van der Waals surface area contributed by atoms with Crippen LogP contribution in [-0.2, 0) is 23.7 Å². The zero-order valence-corrected chi connectivity index (χ0v) is 16.1. The molecule has 0 unspecified atom stereocenters. The summed E-state index contributed by atoms with van der Waals surface area (Å²) in [6.07, 6.45) is 1.10. The smallest absolute Gasteiger partial charge is 0.270 e. The molecule has 1 aromatic carbocycles. The Kier molecular flexibility index (Phi) is 4.72. The van der Waals surface area contributed by atoms with Crippen molar-refractivity contribution in [2.45, 2.75) is 32.7 Å². The summed E-state index contributed by atoms with van der Waals surface area (Å²) in [6.45, 7) is 2.91. The van der Waals surface area contributed by atoms with E-state index in [0.29, 0.717) is 17.7 Å². The van der Waals surface area contributed by atoms with Crippen LogP contribution in [-0.4, -0.2) is 35.5 Å². The van der Waals surface area contributed by atoms with Crippen molar-refractivity contribution < 1.29 is 13.6 Å². The lowest BCUT2D eigenvalue weighted by atomic mass is 10.1. The average molecular weight is 413 g/mol. The van der Waals surface area contributed by atoms with Gasteiger partial charge in [0.1, 0.15) is 12.0 Å². The number of carbonyl (C=O) groups excluding carboxylic acids is 1. The SMILES string of the molecule is CCn1nc(CC(=O)Nc2ccc3nncn3n2)c(=O)c2ccc(C(C)(F)F)cc21. The van der Waals surface area contributed by atoms with Gasteiger partial charge in [-0.15, -0.1) is 15.3 Å². The topological polar surface area (TPSA) is 107 Å². The van der Waals surface area contributed by atoms with Crippen LogP contribution in [0.5, 0.6) is 0 Å². The number of hydrogen-bond donors (Lipinski definition) is 1. The second-order valence-corrected chi connectivity index (χ2v) is 6.79. The van der Waals surface area contributed by atoms with E-state index in [0.717, 1.165) is 6.92 Å². The van der Waals surface area contributed by atoms with Gasteiger partial charge in [0.25, 0.3) is 5.92 Å². The summed E-state index contributed by atoms with van der Waals surface area (Å²) in [6, 6.07) is 7.02. The van der Waals surface area contributed by atoms with E-state index in [1.807, 2.05) is 0 Å². The minimum Gasteiger partial charge on any atom is -0.309 e. The molecule has 0 spiro atoms. The molecule has 0 saturated heterocycles. The van der Waals surface area contributed by atoms with Crippen LogP contribution in [0.1, 0.15) is 25.1 Å². The highest BCUT2D eigenvalue weighted by Gasteiger charge is 2.25. The Morgan fingerprint density at radius 2 is 2.00 bits per heavy atom. The van der Waals surface area contributed by atoms with Gasteiger partial charge in [-0.1, -0.05) is 6.07 Å². The van der Waals surface area contributed by atoms with Crippen LogP contribution >= 0.6 is 0 Å². The molecule has 0 radical (unpaired) electrons. The summed E-state index contributed by atoms with van der Waals surface area (Å²) in [5.74, 6) is -3.27. The van der Waals surface area contributed by atoms with Crippen LogP contribution in [0.3, 0.4) is 0 Å². The van der Waals surface area contributed by atoms with E-state index in [1.54, 1.807) is 19.1 Å². The van der Waals surface area contributed by atoms with E-state index in [4.69, 9.17) is 0 Å². The van der Waals surface area contributed by atoms with Crippen molar-refractivity contribution in [1.82, 2.24) is 29.6 Å². The van der Waals surface area contributed by atoms with Crippen molar-refractivity contribution in [3.63, 3.8) is 0 Å². The number of rotatable bonds is 5. The molecule has 1 N–H and O–H groups in total. The van der Waals surface area contributed by atoms with Crippen LogP contribution in [0.2, 0.25) is 0 Å². The highest BCUT2D eigenvalue weighted by atomic mass is 19.3. The van der Waals surface area contributed by atoms with Gasteiger partial charge >= 0.3 is 0 Å². The van der Waals surface area contributed by atoms with Crippen molar-refractivity contribution in [2.24, 2.45) is 0 Å². The molecule has 1 amide bonds. The van der Waals surface area contributed by atoms with Crippen LogP contribution in [0, 0.1) is 0 Å². The minimum absolute atomic E-state index is 0.0169. The van der Waals surface area contributed by atoms with Crippen LogP contribution in [0.15, 0.2) is 41.5 Å². The molecule has 0 saturated carbocycles. The number of aromatic nitrogens is 6. The number of halogens is 2. The number of nitrogens with zero attached hydrogens (tertiary/aromatic N) is 6. The van der Waals surface area contributed by atoms with E-state index in [1.165, 1.54) is 33.7 Å². The molecule has 4 rings (SSSR count). The van der Waals surface area contributed by atoms with Gasteiger partial charge in [-0.3, -0.25) is 14.3 Å². The maximum absolute atomic E-state index is 13.7. The van der Waals surface area contributed by atoms with Crippen molar-refractivity contribution in [3.8, 4) is 0 Å². The Morgan fingerprint density at radius 3 is 2.73 bits per heavy atom. The van der Waals surface area contributed by atoms with Gasteiger partial charge in [-0.05, 0) is 31.2 Å². The summed E-state index contributed by atoms with van der Waals surface area (Å²) in [4.78, 5) is 25.3. The number of nitrogens with one attached hydrogen (secondary N) is 1. The summed E-state index contributed by atoms with van der Waals surface area (Å²) < 4.78 is 30.2. The van der Waals surface area contributed by atoms with E-state index in [9.17, 15) is 18.4 Å². The number of benzene rings is 1. The quantitative estimate of drug-likeness (QED) is 0.537. The first-order valence-electron chi connectivity index (χ1n) is 9.15. The number of aryl methyl sites for hydroxylation is 1. The van der Waals surface area contributed by atoms with Gasteiger partial charge in [-0.2, -0.15) is 9.61 Å². The van der Waals surface area contributed by atoms with Gasteiger partial charge in [0.2, 0.25) is 11.3 Å². The first kappa shape index (κ1) is 19.6. The number of carbonyl (C=O) groups is 1. The summed E-state index contributed by atoms with van der Waals surface area (Å²) in [5, 5.41) is 18.7. The van der Waals surface area contributed by atoms with E-state index >= 15 is 0 Å². The largest absolute Gasteiger partial charge is 0.309 e. The number of alkyl halides is 2. The Balaban J connectivity index is 1.65. The molecule has 11 heteroatoms. The molecule has 30 heavy (non-hydrogen) atoms. The van der Waals surface area contributed by atoms with Gasteiger partial charge in [0, 0.05) is 24.4 Å². The zero-order valence-electron chi connectivity index (χ0n) is 16.1. The number of anilines is 1. The van der Waals surface area contributed by atoms with Gasteiger partial charge in [-0.25, -0.2) is 8.78 Å². The summed E-state index contributed by atoms with van der Waals surface area (Å²) >= 11 is 0. The third-order valence-corrected chi connectivity index (χ3v) is 4.59. The molecule has 3 aromatic heterocycles. The molecule has 0 aliphatic carbocycles. The monoisotopic (exact) mass is 413 g/mol. The predicted octanol–water partition coefficient (Wildman–Crippen LogP) is 2.15. The van der Waals surface area contributed by atoms with E-state index < -0.39 is 17.3 Å². The fraction of sp³-hybridized carbons (Fsp3) is 0.263. The van der Waals surface area contributed by atoms with Crippen molar-refractivity contribution >= 4 is 28.3 Å². The Bertz CT molecular complexity index is 1320. The molecule has 0 bridgehead atoms. The first-order valence-corrected chi connectivity index (χ1v) is 9.15. The normalized spacial score (nSPS) is 11.9. The first-order chi connectivity index (χ1) is 14.3. The van der Waals surface area contributed by atoms with Gasteiger partial charge < -0.3 is 5.32 Å². The van der Waals surface area contributed by atoms with Crippen LogP contribution in [0.25, 0.3) is 16.6 Å². The lowest BCUT2D eigenvalue weighted by Crippen LogP contribution is -2.25. The van der Waals surface area contributed by atoms with Gasteiger partial charge in [0.15, 0.2) is 11.5 Å². The van der Waals surface area contributed by atoms with Crippen LogP contribution < -0.4 is 10.7 Å². The maximum Gasteiger partial charge on any atom is 0.270 e. The molecule has 0 atom stereocenters. The second-order valence-electron chi connectivity index (χ2n) is 6.79. The van der Waals surface area contributed by atoms with Crippen molar-refractivity contribution in [1.29, 1.82) is 0 Å². The molecular weight excluding hydrogens is 396 g/mol.